The van der Waals surface area contributed by atoms with Gasteiger partial charge < -0.3 is 0 Å². The van der Waals surface area contributed by atoms with Gasteiger partial charge in [0, 0.05) is 11.1 Å². The van der Waals surface area contributed by atoms with Gasteiger partial charge in [0.2, 0.25) is 0 Å². The molecule has 110 valence electrons. The van der Waals surface area contributed by atoms with Crippen LogP contribution < -0.4 is 4.72 Å². The van der Waals surface area contributed by atoms with E-state index in [1.807, 2.05) is 0 Å². The molecule has 0 amide bonds. The number of nitrogens with one attached hydrogen (secondary N) is 1. The predicted molar refractivity (Wildman–Crippen MR) is 80.4 cm³/mol. The van der Waals surface area contributed by atoms with E-state index < -0.39 is 25.5 Å². The Morgan fingerprint density at radius 3 is 2.43 bits per heavy atom. The molecular formula is C12H8Cl2N2O4S. The number of anilines is 1. The van der Waals surface area contributed by atoms with Crippen LogP contribution in [-0.2, 0) is 10.0 Å². The standard InChI is InChI=1S/C12H8Cl2N2O4S/c13-8-5-6-9(14)10(7-8)15-21(19,20)12-4-2-1-3-11(12)16(17)18/h1-7,15H. The van der Waals surface area contributed by atoms with Gasteiger partial charge in [0.25, 0.3) is 15.7 Å². The van der Waals surface area contributed by atoms with Gasteiger partial charge >= 0.3 is 0 Å². The summed E-state index contributed by atoms with van der Waals surface area (Å²) >= 11 is 11.6. The molecule has 0 unspecified atom stereocenters. The van der Waals surface area contributed by atoms with E-state index in [4.69, 9.17) is 23.2 Å². The molecule has 0 aliphatic carbocycles. The first-order valence-corrected chi connectivity index (χ1v) is 7.76. The molecule has 2 rings (SSSR count). The summed E-state index contributed by atoms with van der Waals surface area (Å²) < 4.78 is 26.7. The van der Waals surface area contributed by atoms with Gasteiger partial charge in [-0.1, -0.05) is 35.3 Å². The molecule has 2 aromatic carbocycles. The molecule has 0 radical (unpaired) electrons. The number of benzene rings is 2. The van der Waals surface area contributed by atoms with Crippen LogP contribution >= 0.6 is 23.2 Å². The summed E-state index contributed by atoms with van der Waals surface area (Å²) in [6.07, 6.45) is 0. The van der Waals surface area contributed by atoms with E-state index in [1.54, 1.807) is 0 Å². The van der Waals surface area contributed by atoms with Crippen LogP contribution in [0.5, 0.6) is 0 Å². The summed E-state index contributed by atoms with van der Waals surface area (Å²) in [7, 11) is -4.16. The highest BCUT2D eigenvalue weighted by Gasteiger charge is 2.25. The van der Waals surface area contributed by atoms with Crippen molar-refractivity contribution >= 4 is 44.6 Å². The van der Waals surface area contributed by atoms with Crippen molar-refractivity contribution in [2.75, 3.05) is 4.72 Å². The Morgan fingerprint density at radius 2 is 1.76 bits per heavy atom. The average molecular weight is 347 g/mol. The number of halogens is 2. The van der Waals surface area contributed by atoms with Gasteiger partial charge in [-0.25, -0.2) is 8.42 Å². The van der Waals surface area contributed by atoms with Crippen LogP contribution in [0.2, 0.25) is 10.0 Å². The number of nitro benzene ring substituents is 1. The molecule has 21 heavy (non-hydrogen) atoms. The molecule has 9 heteroatoms. The van der Waals surface area contributed by atoms with E-state index in [2.05, 4.69) is 4.72 Å². The van der Waals surface area contributed by atoms with Crippen molar-refractivity contribution in [3.63, 3.8) is 0 Å². The maximum atomic E-state index is 12.3. The van der Waals surface area contributed by atoms with Crippen LogP contribution in [0, 0.1) is 10.1 Å². The van der Waals surface area contributed by atoms with Crippen molar-refractivity contribution in [2.24, 2.45) is 0 Å². The molecule has 1 N–H and O–H groups in total. The zero-order valence-corrected chi connectivity index (χ0v) is 12.6. The minimum absolute atomic E-state index is 0.0438. The largest absolute Gasteiger partial charge is 0.289 e. The molecule has 0 saturated carbocycles. The lowest BCUT2D eigenvalue weighted by atomic mass is 10.3. The number of sulfonamides is 1. The highest BCUT2D eigenvalue weighted by Crippen LogP contribution is 2.30. The topological polar surface area (TPSA) is 89.3 Å². The summed E-state index contributed by atoms with van der Waals surface area (Å²) in [4.78, 5) is 9.69. The van der Waals surface area contributed by atoms with Crippen LogP contribution in [0.3, 0.4) is 0 Å². The molecule has 0 aromatic heterocycles. The first-order chi connectivity index (χ1) is 9.81. The van der Waals surface area contributed by atoms with Crippen LogP contribution in [0.1, 0.15) is 0 Å². The average Bonchev–Trinajstić information content (AvgIpc) is 2.42. The Hall–Kier alpha value is -1.83. The Morgan fingerprint density at radius 1 is 1.10 bits per heavy atom. The van der Waals surface area contributed by atoms with Gasteiger partial charge in [-0.15, -0.1) is 0 Å². The van der Waals surface area contributed by atoms with E-state index in [1.165, 1.54) is 30.3 Å². The zero-order valence-electron chi connectivity index (χ0n) is 10.3. The van der Waals surface area contributed by atoms with E-state index >= 15 is 0 Å². The number of hydrogen-bond donors (Lipinski definition) is 1. The molecular weight excluding hydrogens is 339 g/mol. The Balaban J connectivity index is 2.49. The Bertz CT molecular complexity index is 809. The summed E-state index contributed by atoms with van der Waals surface area (Å²) in [6, 6.07) is 9.24. The molecule has 2 aromatic rings. The van der Waals surface area contributed by atoms with Crippen molar-refractivity contribution < 1.29 is 13.3 Å². The smallest absolute Gasteiger partial charge is 0.278 e. The van der Waals surface area contributed by atoms with Gasteiger partial charge in [0.1, 0.15) is 0 Å². The van der Waals surface area contributed by atoms with Gasteiger partial charge in [0.05, 0.1) is 15.6 Å². The number of rotatable bonds is 4. The van der Waals surface area contributed by atoms with Crippen LogP contribution in [-0.4, -0.2) is 13.3 Å². The van der Waals surface area contributed by atoms with E-state index in [-0.39, 0.29) is 15.7 Å². The fourth-order valence-corrected chi connectivity index (χ4v) is 3.25. The highest BCUT2D eigenvalue weighted by molar-refractivity contribution is 7.92. The summed E-state index contributed by atoms with van der Waals surface area (Å²) in [5.74, 6) is 0. The maximum absolute atomic E-state index is 12.3. The molecule has 0 bridgehead atoms. The molecule has 0 aliphatic heterocycles. The van der Waals surface area contributed by atoms with Crippen LogP contribution in [0.4, 0.5) is 11.4 Å². The number of nitro groups is 1. The highest BCUT2D eigenvalue weighted by atomic mass is 35.5. The molecule has 0 saturated heterocycles. The number of hydrogen-bond acceptors (Lipinski definition) is 4. The number of para-hydroxylation sites is 1. The summed E-state index contributed by atoms with van der Waals surface area (Å²) in [6.45, 7) is 0. The predicted octanol–water partition coefficient (Wildman–Crippen LogP) is 3.70. The van der Waals surface area contributed by atoms with Crippen molar-refractivity contribution in [2.45, 2.75) is 4.90 Å². The van der Waals surface area contributed by atoms with Gasteiger partial charge in [0.15, 0.2) is 4.90 Å². The van der Waals surface area contributed by atoms with Gasteiger partial charge in [-0.05, 0) is 24.3 Å². The second-order valence-electron chi connectivity index (χ2n) is 3.95. The monoisotopic (exact) mass is 346 g/mol. The minimum Gasteiger partial charge on any atom is -0.278 e. The van der Waals surface area contributed by atoms with E-state index in [9.17, 15) is 18.5 Å². The first-order valence-electron chi connectivity index (χ1n) is 5.52. The Kier molecular flexibility index (Phi) is 4.36. The molecule has 0 heterocycles. The Labute approximate surface area is 130 Å². The summed E-state index contributed by atoms with van der Waals surface area (Å²) in [5.41, 5.74) is -0.481. The third-order valence-electron chi connectivity index (χ3n) is 2.52. The second-order valence-corrected chi connectivity index (χ2v) is 6.45. The molecule has 6 nitrogen and oxygen atoms in total. The first kappa shape index (κ1) is 15.6. The normalized spacial score (nSPS) is 11.1. The second kappa shape index (κ2) is 5.88. The fraction of sp³-hybridized carbons (Fsp3) is 0. The lowest BCUT2D eigenvalue weighted by Gasteiger charge is -2.10. The lowest BCUT2D eigenvalue weighted by molar-refractivity contribution is -0.387. The van der Waals surface area contributed by atoms with Crippen LogP contribution in [0.15, 0.2) is 47.4 Å². The van der Waals surface area contributed by atoms with Gasteiger partial charge in [-0.2, -0.15) is 0 Å². The SMILES string of the molecule is O=[N+]([O-])c1ccccc1S(=O)(=O)Nc1cc(Cl)ccc1Cl. The van der Waals surface area contributed by atoms with Gasteiger partial charge in [-0.3, -0.25) is 14.8 Å². The van der Waals surface area contributed by atoms with E-state index in [0.717, 1.165) is 12.1 Å². The lowest BCUT2D eigenvalue weighted by Crippen LogP contribution is -2.15. The molecule has 0 fully saturated rings. The maximum Gasteiger partial charge on any atom is 0.289 e. The quantitative estimate of drug-likeness (QED) is 0.674. The van der Waals surface area contributed by atoms with Crippen molar-refractivity contribution in [1.82, 2.24) is 0 Å². The minimum atomic E-state index is -4.16. The molecule has 0 atom stereocenters. The van der Waals surface area contributed by atoms with Crippen LogP contribution in [0.25, 0.3) is 0 Å². The van der Waals surface area contributed by atoms with E-state index in [0.29, 0.717) is 0 Å². The zero-order chi connectivity index (χ0) is 15.6. The third-order valence-corrected chi connectivity index (χ3v) is 4.50. The van der Waals surface area contributed by atoms with Crippen molar-refractivity contribution in [3.05, 3.63) is 62.6 Å². The molecule has 0 spiro atoms. The summed E-state index contributed by atoms with van der Waals surface area (Å²) in [5, 5.41) is 11.3. The number of nitrogens with zero attached hydrogens (tertiary/aromatic N) is 1. The third kappa shape index (κ3) is 3.44. The van der Waals surface area contributed by atoms with Crippen molar-refractivity contribution in [1.29, 1.82) is 0 Å². The van der Waals surface area contributed by atoms with Crippen molar-refractivity contribution in [3.8, 4) is 0 Å². The molecule has 0 aliphatic rings. The fourth-order valence-electron chi connectivity index (χ4n) is 1.61.